The van der Waals surface area contributed by atoms with Gasteiger partial charge in [-0.05, 0) is 24.3 Å². The number of fused-ring (bicyclic) bond motifs is 1. The van der Waals surface area contributed by atoms with Crippen LogP contribution in [-0.2, 0) is 4.79 Å². The summed E-state index contributed by atoms with van der Waals surface area (Å²) in [7, 11) is 0. The van der Waals surface area contributed by atoms with Crippen LogP contribution in [0.2, 0.25) is 0 Å². The largest absolute Gasteiger partial charge is 0.457 e. The van der Waals surface area contributed by atoms with Crippen molar-refractivity contribution < 1.29 is 13.6 Å². The highest BCUT2D eigenvalue weighted by molar-refractivity contribution is 6.00. The van der Waals surface area contributed by atoms with E-state index in [1.807, 2.05) is 0 Å². The van der Waals surface area contributed by atoms with E-state index in [1.165, 1.54) is 30.3 Å². The molecule has 4 nitrogen and oxygen atoms in total. The van der Waals surface area contributed by atoms with Gasteiger partial charge in [0.2, 0.25) is 0 Å². The van der Waals surface area contributed by atoms with Crippen molar-refractivity contribution in [3.63, 3.8) is 0 Å². The minimum Gasteiger partial charge on any atom is -0.457 e. The SMILES string of the molecule is N#C/C(=C/c1cc2cc(F)ccc2o1)C(N)=O. The highest BCUT2D eigenvalue weighted by Gasteiger charge is 2.07. The molecule has 2 N–H and O–H groups in total. The first-order chi connectivity index (χ1) is 8.10. The number of furan rings is 1. The fourth-order valence-corrected chi connectivity index (χ4v) is 1.41. The first-order valence-corrected chi connectivity index (χ1v) is 4.71. The Morgan fingerprint density at radius 1 is 1.47 bits per heavy atom. The Morgan fingerprint density at radius 2 is 2.24 bits per heavy atom. The lowest BCUT2D eigenvalue weighted by Gasteiger charge is -1.88. The van der Waals surface area contributed by atoms with Gasteiger partial charge in [-0.15, -0.1) is 0 Å². The summed E-state index contributed by atoms with van der Waals surface area (Å²) in [5.74, 6) is -0.940. The van der Waals surface area contributed by atoms with Crippen molar-refractivity contribution in [2.24, 2.45) is 5.73 Å². The molecule has 5 heteroatoms. The molecule has 0 saturated carbocycles. The molecule has 0 aliphatic heterocycles. The summed E-state index contributed by atoms with van der Waals surface area (Å²) in [5, 5.41) is 9.21. The molecule has 0 atom stereocenters. The van der Waals surface area contributed by atoms with Gasteiger partial charge in [0.25, 0.3) is 5.91 Å². The van der Waals surface area contributed by atoms with Crippen LogP contribution in [0.5, 0.6) is 0 Å². The van der Waals surface area contributed by atoms with Gasteiger partial charge in [0, 0.05) is 11.5 Å². The molecule has 0 radical (unpaired) electrons. The first kappa shape index (κ1) is 10.9. The van der Waals surface area contributed by atoms with Gasteiger partial charge >= 0.3 is 0 Å². The van der Waals surface area contributed by atoms with E-state index in [4.69, 9.17) is 15.4 Å². The normalized spacial score (nSPS) is 11.4. The van der Waals surface area contributed by atoms with Gasteiger partial charge < -0.3 is 10.2 Å². The van der Waals surface area contributed by atoms with E-state index in [9.17, 15) is 9.18 Å². The fourth-order valence-electron chi connectivity index (χ4n) is 1.41. The predicted molar refractivity (Wildman–Crippen MR) is 59.0 cm³/mol. The summed E-state index contributed by atoms with van der Waals surface area (Å²) < 4.78 is 18.2. The van der Waals surface area contributed by atoms with E-state index in [0.29, 0.717) is 11.0 Å². The number of carbonyl (C=O) groups is 1. The minimum absolute atomic E-state index is 0.218. The number of amides is 1. The molecule has 1 heterocycles. The first-order valence-electron chi connectivity index (χ1n) is 4.71. The van der Waals surface area contributed by atoms with Crippen LogP contribution < -0.4 is 5.73 Å². The van der Waals surface area contributed by atoms with Crippen LogP contribution in [0.4, 0.5) is 4.39 Å². The van der Waals surface area contributed by atoms with Gasteiger partial charge in [0.05, 0.1) is 0 Å². The summed E-state index contributed by atoms with van der Waals surface area (Å²) in [4.78, 5) is 10.8. The molecule has 2 aromatic rings. The second-order valence-electron chi connectivity index (χ2n) is 3.36. The zero-order chi connectivity index (χ0) is 12.4. The third kappa shape index (κ3) is 2.16. The molecule has 0 spiro atoms. The summed E-state index contributed by atoms with van der Waals surface area (Å²) >= 11 is 0. The maximum Gasteiger partial charge on any atom is 0.259 e. The van der Waals surface area contributed by atoms with Gasteiger partial charge in [-0.25, -0.2) is 4.39 Å². The lowest BCUT2D eigenvalue weighted by Crippen LogP contribution is -2.12. The van der Waals surface area contributed by atoms with E-state index in [1.54, 1.807) is 6.07 Å². The Balaban J connectivity index is 2.51. The highest BCUT2D eigenvalue weighted by atomic mass is 19.1. The Hall–Kier alpha value is -2.61. The Bertz CT molecular complexity index is 665. The summed E-state index contributed by atoms with van der Waals surface area (Å²) in [6.45, 7) is 0. The van der Waals surface area contributed by atoms with Crippen LogP contribution in [-0.4, -0.2) is 5.91 Å². The van der Waals surface area contributed by atoms with Gasteiger partial charge in [0.1, 0.15) is 28.8 Å². The molecular formula is C12H7FN2O2. The minimum atomic E-state index is -0.834. The fraction of sp³-hybridized carbons (Fsp3) is 0. The van der Waals surface area contributed by atoms with Crippen LogP contribution in [0.3, 0.4) is 0 Å². The number of carbonyl (C=O) groups excluding carboxylic acids is 1. The van der Waals surface area contributed by atoms with E-state index in [-0.39, 0.29) is 17.2 Å². The monoisotopic (exact) mass is 230 g/mol. The van der Waals surface area contributed by atoms with Crippen molar-refractivity contribution >= 4 is 23.0 Å². The standard InChI is InChI=1S/C12H7FN2O2/c13-9-1-2-11-7(3-9)4-10(17-11)5-8(6-14)12(15)16/h1-5H,(H2,15,16)/b8-5-. The molecule has 0 bridgehead atoms. The van der Waals surface area contributed by atoms with Crippen molar-refractivity contribution in [1.29, 1.82) is 5.26 Å². The van der Waals surface area contributed by atoms with Crippen LogP contribution >= 0.6 is 0 Å². The molecule has 1 amide bonds. The third-order valence-corrected chi connectivity index (χ3v) is 2.17. The number of halogens is 1. The molecule has 0 aliphatic carbocycles. The zero-order valence-corrected chi connectivity index (χ0v) is 8.61. The van der Waals surface area contributed by atoms with Gasteiger partial charge in [0.15, 0.2) is 0 Å². The maximum atomic E-state index is 12.9. The summed E-state index contributed by atoms with van der Waals surface area (Å²) in [6, 6.07) is 7.22. The Labute approximate surface area is 95.7 Å². The molecule has 0 fully saturated rings. The molecule has 2 rings (SSSR count). The molecule has 0 saturated heterocycles. The number of nitriles is 1. The summed E-state index contributed by atoms with van der Waals surface area (Å²) in [6.07, 6.45) is 1.22. The molecule has 84 valence electrons. The summed E-state index contributed by atoms with van der Waals surface area (Å²) in [5.41, 5.74) is 5.24. The molecule has 17 heavy (non-hydrogen) atoms. The van der Waals surface area contributed by atoms with Gasteiger partial charge in [-0.3, -0.25) is 4.79 Å². The molecular weight excluding hydrogens is 223 g/mol. The number of hydrogen-bond acceptors (Lipinski definition) is 3. The van der Waals surface area contributed by atoms with E-state index in [0.717, 1.165) is 0 Å². The number of benzene rings is 1. The number of nitrogens with zero attached hydrogens (tertiary/aromatic N) is 1. The second-order valence-corrected chi connectivity index (χ2v) is 3.36. The van der Waals surface area contributed by atoms with Crippen LogP contribution in [0, 0.1) is 17.1 Å². The molecule has 0 aliphatic rings. The van der Waals surface area contributed by atoms with Crippen molar-refractivity contribution in [2.75, 3.05) is 0 Å². The van der Waals surface area contributed by atoms with Crippen LogP contribution in [0.1, 0.15) is 5.76 Å². The third-order valence-electron chi connectivity index (χ3n) is 2.17. The maximum absolute atomic E-state index is 12.9. The van der Waals surface area contributed by atoms with Crippen molar-refractivity contribution in [3.8, 4) is 6.07 Å². The number of primary amides is 1. The number of hydrogen-bond donors (Lipinski definition) is 1. The lowest BCUT2D eigenvalue weighted by atomic mass is 10.2. The van der Waals surface area contributed by atoms with Crippen molar-refractivity contribution in [3.05, 3.63) is 41.4 Å². The van der Waals surface area contributed by atoms with Gasteiger partial charge in [-0.1, -0.05) is 0 Å². The molecule has 0 unspecified atom stereocenters. The highest BCUT2D eigenvalue weighted by Crippen LogP contribution is 2.21. The Kier molecular flexibility index (Phi) is 2.63. The lowest BCUT2D eigenvalue weighted by molar-refractivity contribution is -0.114. The quantitative estimate of drug-likeness (QED) is 0.632. The number of rotatable bonds is 2. The van der Waals surface area contributed by atoms with Crippen LogP contribution in [0.15, 0.2) is 34.3 Å². The second kappa shape index (κ2) is 4.10. The van der Waals surface area contributed by atoms with Crippen molar-refractivity contribution in [1.82, 2.24) is 0 Å². The Morgan fingerprint density at radius 3 is 2.88 bits per heavy atom. The van der Waals surface area contributed by atoms with E-state index >= 15 is 0 Å². The average molecular weight is 230 g/mol. The predicted octanol–water partition coefficient (Wildman–Crippen LogP) is 1.96. The average Bonchev–Trinajstić information content (AvgIpc) is 2.66. The smallest absolute Gasteiger partial charge is 0.259 e. The number of nitrogens with two attached hydrogens (primary N) is 1. The molecule has 1 aromatic carbocycles. The van der Waals surface area contributed by atoms with Gasteiger partial charge in [-0.2, -0.15) is 5.26 Å². The van der Waals surface area contributed by atoms with Crippen LogP contribution in [0.25, 0.3) is 17.0 Å². The topological polar surface area (TPSA) is 80.0 Å². The van der Waals surface area contributed by atoms with E-state index < -0.39 is 5.91 Å². The van der Waals surface area contributed by atoms with E-state index in [2.05, 4.69) is 0 Å². The van der Waals surface area contributed by atoms with Crippen molar-refractivity contribution in [2.45, 2.75) is 0 Å². The zero-order valence-electron chi connectivity index (χ0n) is 8.61. The molecule has 1 aromatic heterocycles.